The minimum Gasteiger partial charge on any atom is -0.399 e. The molecule has 18 heavy (non-hydrogen) atoms. The first-order chi connectivity index (χ1) is 8.70. The molecule has 0 spiro atoms. The monoisotopic (exact) mass is 239 g/mol. The Balaban J connectivity index is 2.25. The maximum absolute atomic E-state index is 5.72. The van der Waals surface area contributed by atoms with Crippen LogP contribution in [0.5, 0.6) is 0 Å². The van der Waals surface area contributed by atoms with Gasteiger partial charge in [-0.1, -0.05) is 24.8 Å². The van der Waals surface area contributed by atoms with Crippen LogP contribution in [0.15, 0.2) is 30.5 Å². The lowest BCUT2D eigenvalue weighted by atomic mass is 10.2. The molecule has 0 aliphatic rings. The van der Waals surface area contributed by atoms with Gasteiger partial charge in [-0.3, -0.25) is 4.68 Å². The lowest BCUT2D eigenvalue weighted by molar-refractivity contribution is 0.587. The van der Waals surface area contributed by atoms with Crippen LogP contribution in [-0.4, -0.2) is 9.78 Å². The van der Waals surface area contributed by atoms with Gasteiger partial charge in [-0.25, -0.2) is 0 Å². The van der Waals surface area contributed by atoms with E-state index in [1.54, 1.807) is 0 Å². The fourth-order valence-corrected chi connectivity index (χ4v) is 1.76. The fraction of sp³-hybridized carbons (Fsp3) is 0.267. The highest BCUT2D eigenvalue weighted by Crippen LogP contribution is 2.08. The second-order valence-electron chi connectivity index (χ2n) is 4.24. The van der Waals surface area contributed by atoms with Gasteiger partial charge < -0.3 is 5.73 Å². The first kappa shape index (κ1) is 12.3. The Morgan fingerprint density at radius 1 is 1.33 bits per heavy atom. The van der Waals surface area contributed by atoms with E-state index in [-0.39, 0.29) is 0 Å². The van der Waals surface area contributed by atoms with E-state index < -0.39 is 0 Å². The molecule has 0 amide bonds. The Bertz CT molecular complexity index is 600. The zero-order valence-corrected chi connectivity index (χ0v) is 10.8. The number of rotatable bonds is 2. The third-order valence-electron chi connectivity index (χ3n) is 2.77. The number of nitrogens with two attached hydrogens (primary N) is 1. The van der Waals surface area contributed by atoms with E-state index in [0.29, 0.717) is 0 Å². The highest BCUT2D eigenvalue weighted by molar-refractivity contribution is 5.49. The minimum atomic E-state index is 0.736. The summed E-state index contributed by atoms with van der Waals surface area (Å²) in [5.74, 6) is 6.26. The second-order valence-corrected chi connectivity index (χ2v) is 4.24. The number of aryl methyl sites for hydroxylation is 1. The molecule has 1 aromatic carbocycles. The molecule has 2 N–H and O–H groups in total. The van der Waals surface area contributed by atoms with E-state index in [0.717, 1.165) is 35.5 Å². The van der Waals surface area contributed by atoms with Crippen LogP contribution in [0.3, 0.4) is 0 Å². The predicted octanol–water partition coefficient (Wildman–Crippen LogP) is 2.58. The van der Waals surface area contributed by atoms with Crippen molar-refractivity contribution in [3.05, 3.63) is 47.3 Å². The maximum atomic E-state index is 5.72. The van der Waals surface area contributed by atoms with Crippen LogP contribution in [0.2, 0.25) is 0 Å². The van der Waals surface area contributed by atoms with Gasteiger partial charge in [-0.05, 0) is 31.5 Å². The Hall–Kier alpha value is -2.21. The topological polar surface area (TPSA) is 43.8 Å². The van der Waals surface area contributed by atoms with E-state index in [1.807, 2.05) is 42.1 Å². The standard InChI is InChI=1S/C15H17N3/c1-3-9-18-12(2)14(11-17-18)8-7-13-5-4-6-15(16)10-13/h4-6,10-11H,3,9,16H2,1-2H3. The Morgan fingerprint density at radius 3 is 2.89 bits per heavy atom. The molecule has 0 aliphatic heterocycles. The highest BCUT2D eigenvalue weighted by Gasteiger charge is 2.02. The normalized spacial score (nSPS) is 9.89. The second kappa shape index (κ2) is 5.42. The summed E-state index contributed by atoms with van der Waals surface area (Å²) in [6, 6.07) is 7.59. The summed E-state index contributed by atoms with van der Waals surface area (Å²) in [6.45, 7) is 5.12. The molecule has 0 radical (unpaired) electrons. The lowest BCUT2D eigenvalue weighted by Crippen LogP contribution is -2.00. The van der Waals surface area contributed by atoms with Crippen molar-refractivity contribution >= 4 is 5.69 Å². The molecule has 0 saturated carbocycles. The molecular formula is C15H17N3. The van der Waals surface area contributed by atoms with Crippen LogP contribution in [0.4, 0.5) is 5.69 Å². The van der Waals surface area contributed by atoms with E-state index in [4.69, 9.17) is 5.73 Å². The molecule has 2 aromatic rings. The number of nitrogen functional groups attached to an aromatic ring is 1. The summed E-state index contributed by atoms with van der Waals surface area (Å²) in [6.07, 6.45) is 2.90. The van der Waals surface area contributed by atoms with Crippen molar-refractivity contribution in [3.8, 4) is 11.8 Å². The van der Waals surface area contributed by atoms with E-state index in [1.165, 1.54) is 0 Å². The average molecular weight is 239 g/mol. The highest BCUT2D eigenvalue weighted by atomic mass is 15.3. The van der Waals surface area contributed by atoms with Gasteiger partial charge in [0.2, 0.25) is 0 Å². The smallest absolute Gasteiger partial charge is 0.0658 e. The summed E-state index contributed by atoms with van der Waals surface area (Å²) in [7, 11) is 0. The Kier molecular flexibility index (Phi) is 3.69. The number of benzene rings is 1. The molecule has 1 aromatic heterocycles. The third-order valence-corrected chi connectivity index (χ3v) is 2.77. The molecule has 1 heterocycles. The van der Waals surface area contributed by atoms with Crippen LogP contribution in [0, 0.1) is 18.8 Å². The molecule has 92 valence electrons. The van der Waals surface area contributed by atoms with E-state index in [9.17, 15) is 0 Å². The first-order valence-corrected chi connectivity index (χ1v) is 6.10. The number of anilines is 1. The molecule has 0 saturated heterocycles. The third kappa shape index (κ3) is 2.72. The zero-order valence-electron chi connectivity index (χ0n) is 10.8. The van der Waals surface area contributed by atoms with Crippen molar-refractivity contribution in [3.63, 3.8) is 0 Å². The van der Waals surface area contributed by atoms with Gasteiger partial charge in [-0.2, -0.15) is 5.10 Å². The number of aromatic nitrogens is 2. The van der Waals surface area contributed by atoms with Crippen molar-refractivity contribution in [2.24, 2.45) is 0 Å². The van der Waals surface area contributed by atoms with Crippen LogP contribution in [-0.2, 0) is 6.54 Å². The van der Waals surface area contributed by atoms with Crippen LogP contribution in [0.1, 0.15) is 30.2 Å². The summed E-state index contributed by atoms with van der Waals surface area (Å²) in [5, 5.41) is 4.32. The molecule has 3 nitrogen and oxygen atoms in total. The van der Waals surface area contributed by atoms with Gasteiger partial charge in [0.05, 0.1) is 17.5 Å². The molecule has 0 fully saturated rings. The summed E-state index contributed by atoms with van der Waals surface area (Å²) < 4.78 is 1.99. The van der Waals surface area contributed by atoms with Crippen molar-refractivity contribution in [1.29, 1.82) is 0 Å². The van der Waals surface area contributed by atoms with Gasteiger partial charge >= 0.3 is 0 Å². The fourth-order valence-electron chi connectivity index (χ4n) is 1.76. The van der Waals surface area contributed by atoms with Crippen molar-refractivity contribution in [2.75, 3.05) is 5.73 Å². The summed E-state index contributed by atoms with van der Waals surface area (Å²) in [5.41, 5.74) is 9.48. The van der Waals surface area contributed by atoms with Crippen LogP contribution >= 0.6 is 0 Å². The molecule has 0 atom stereocenters. The van der Waals surface area contributed by atoms with Crippen molar-refractivity contribution in [1.82, 2.24) is 9.78 Å². The SMILES string of the molecule is CCCn1ncc(C#Cc2cccc(N)c2)c1C. The largest absolute Gasteiger partial charge is 0.399 e. The average Bonchev–Trinajstić information content (AvgIpc) is 2.69. The van der Waals surface area contributed by atoms with Gasteiger partial charge in [-0.15, -0.1) is 0 Å². The van der Waals surface area contributed by atoms with E-state index in [2.05, 4.69) is 23.9 Å². The first-order valence-electron chi connectivity index (χ1n) is 6.10. The molecule has 3 heteroatoms. The van der Waals surface area contributed by atoms with Crippen molar-refractivity contribution < 1.29 is 0 Å². The quantitative estimate of drug-likeness (QED) is 0.646. The Morgan fingerprint density at radius 2 is 2.17 bits per heavy atom. The van der Waals surface area contributed by atoms with Crippen LogP contribution < -0.4 is 5.73 Å². The van der Waals surface area contributed by atoms with Gasteiger partial charge in [0.1, 0.15) is 0 Å². The molecule has 0 unspecified atom stereocenters. The van der Waals surface area contributed by atoms with Crippen molar-refractivity contribution in [2.45, 2.75) is 26.8 Å². The lowest BCUT2D eigenvalue weighted by Gasteiger charge is -2.00. The molecule has 0 aliphatic carbocycles. The number of hydrogen-bond donors (Lipinski definition) is 1. The van der Waals surface area contributed by atoms with E-state index >= 15 is 0 Å². The number of nitrogens with zero attached hydrogens (tertiary/aromatic N) is 2. The zero-order chi connectivity index (χ0) is 13.0. The predicted molar refractivity (Wildman–Crippen MR) is 74.1 cm³/mol. The number of hydrogen-bond acceptors (Lipinski definition) is 2. The minimum absolute atomic E-state index is 0.736. The van der Waals surface area contributed by atoms with Gasteiger partial charge in [0.15, 0.2) is 0 Å². The summed E-state index contributed by atoms with van der Waals surface area (Å²) >= 11 is 0. The molecular weight excluding hydrogens is 222 g/mol. The van der Waals surface area contributed by atoms with Crippen LogP contribution in [0.25, 0.3) is 0 Å². The van der Waals surface area contributed by atoms with Gasteiger partial charge in [0.25, 0.3) is 0 Å². The molecule has 0 bridgehead atoms. The molecule has 2 rings (SSSR count). The summed E-state index contributed by atoms with van der Waals surface area (Å²) in [4.78, 5) is 0. The Labute approximate surface area is 108 Å². The van der Waals surface area contributed by atoms with Gasteiger partial charge in [0, 0.05) is 17.8 Å². The maximum Gasteiger partial charge on any atom is 0.0658 e.